The molecule has 5 nitrogen and oxygen atoms in total. The molecule has 3 rings (SSSR count). The highest BCUT2D eigenvalue weighted by Crippen LogP contribution is 2.21. The van der Waals surface area contributed by atoms with Crippen LogP contribution in [0.15, 0.2) is 30.3 Å². The van der Waals surface area contributed by atoms with Gasteiger partial charge in [0.2, 0.25) is 0 Å². The van der Waals surface area contributed by atoms with Gasteiger partial charge < -0.3 is 9.67 Å². The molecule has 0 bridgehead atoms. The summed E-state index contributed by atoms with van der Waals surface area (Å²) in [6, 6.07) is 10.1. The average molecular weight is 257 g/mol. The van der Waals surface area contributed by atoms with E-state index >= 15 is 0 Å². The van der Waals surface area contributed by atoms with Crippen LogP contribution in [0.1, 0.15) is 23.6 Å². The van der Waals surface area contributed by atoms with Gasteiger partial charge in [-0.05, 0) is 12.0 Å². The van der Waals surface area contributed by atoms with Crippen molar-refractivity contribution in [1.29, 1.82) is 0 Å². The van der Waals surface area contributed by atoms with Crippen LogP contribution in [0.3, 0.4) is 0 Å². The number of carboxylic acid groups (broad SMARTS) is 1. The van der Waals surface area contributed by atoms with E-state index in [9.17, 15) is 4.79 Å². The summed E-state index contributed by atoms with van der Waals surface area (Å²) in [4.78, 5) is 11.0. The monoisotopic (exact) mass is 257 g/mol. The maximum absolute atomic E-state index is 11.0. The lowest BCUT2D eigenvalue weighted by molar-refractivity contribution is -0.142. The van der Waals surface area contributed by atoms with E-state index in [-0.39, 0.29) is 5.92 Å². The van der Waals surface area contributed by atoms with Crippen molar-refractivity contribution < 1.29 is 9.90 Å². The van der Waals surface area contributed by atoms with Crippen molar-refractivity contribution in [3.8, 4) is 0 Å². The first kappa shape index (κ1) is 11.9. The molecule has 1 aromatic heterocycles. The van der Waals surface area contributed by atoms with Crippen molar-refractivity contribution in [3.05, 3.63) is 47.5 Å². The predicted octanol–water partition coefficient (Wildman–Crippen LogP) is 1.52. The summed E-state index contributed by atoms with van der Waals surface area (Å²) in [5, 5.41) is 17.4. The average Bonchev–Trinajstić information content (AvgIpc) is 2.82. The van der Waals surface area contributed by atoms with Crippen LogP contribution >= 0.6 is 0 Å². The van der Waals surface area contributed by atoms with Crippen molar-refractivity contribution in [2.24, 2.45) is 5.92 Å². The number of hydrogen-bond acceptors (Lipinski definition) is 3. The SMILES string of the molecule is O=C(O)C1CCn2c(Cc3ccccc3)nnc2C1. The molecule has 1 aliphatic heterocycles. The fraction of sp³-hybridized carbons (Fsp3) is 0.357. The van der Waals surface area contributed by atoms with Crippen LogP contribution in [0.25, 0.3) is 0 Å². The topological polar surface area (TPSA) is 68.0 Å². The molecule has 1 aliphatic rings. The van der Waals surface area contributed by atoms with Gasteiger partial charge in [-0.25, -0.2) is 0 Å². The standard InChI is InChI=1S/C14H15N3O2/c18-14(19)11-6-7-17-12(15-16-13(17)9-11)8-10-4-2-1-3-5-10/h1-5,11H,6-9H2,(H,18,19). The van der Waals surface area contributed by atoms with E-state index in [4.69, 9.17) is 5.11 Å². The zero-order valence-electron chi connectivity index (χ0n) is 10.5. The molecule has 2 heterocycles. The predicted molar refractivity (Wildman–Crippen MR) is 68.7 cm³/mol. The molecule has 19 heavy (non-hydrogen) atoms. The van der Waals surface area contributed by atoms with E-state index in [2.05, 4.69) is 26.9 Å². The molecule has 98 valence electrons. The maximum Gasteiger partial charge on any atom is 0.307 e. The molecule has 1 N–H and O–H groups in total. The lowest BCUT2D eigenvalue weighted by Gasteiger charge is -2.20. The third kappa shape index (κ3) is 2.36. The van der Waals surface area contributed by atoms with Crippen molar-refractivity contribution >= 4 is 5.97 Å². The number of benzene rings is 1. The van der Waals surface area contributed by atoms with Crippen LogP contribution in [0.2, 0.25) is 0 Å². The number of nitrogens with zero attached hydrogens (tertiary/aromatic N) is 3. The number of carbonyl (C=O) groups is 1. The Bertz CT molecular complexity index is 592. The van der Waals surface area contributed by atoms with E-state index < -0.39 is 5.97 Å². The molecule has 0 spiro atoms. The molecule has 0 aliphatic carbocycles. The van der Waals surface area contributed by atoms with E-state index in [1.54, 1.807) is 0 Å². The molecule has 1 atom stereocenters. The van der Waals surface area contributed by atoms with E-state index in [1.807, 2.05) is 18.2 Å². The molecule has 0 radical (unpaired) electrons. The van der Waals surface area contributed by atoms with Gasteiger partial charge in [-0.2, -0.15) is 0 Å². The molecule has 0 fully saturated rings. The highest BCUT2D eigenvalue weighted by atomic mass is 16.4. The molecule has 0 saturated carbocycles. The quantitative estimate of drug-likeness (QED) is 0.905. The van der Waals surface area contributed by atoms with Gasteiger partial charge >= 0.3 is 5.97 Å². The largest absolute Gasteiger partial charge is 0.481 e. The second-order valence-electron chi connectivity index (χ2n) is 4.87. The summed E-state index contributed by atoms with van der Waals surface area (Å²) < 4.78 is 2.06. The van der Waals surface area contributed by atoms with Crippen molar-refractivity contribution in [2.75, 3.05) is 0 Å². The van der Waals surface area contributed by atoms with Gasteiger partial charge in [0.05, 0.1) is 5.92 Å². The van der Waals surface area contributed by atoms with Crippen molar-refractivity contribution in [3.63, 3.8) is 0 Å². The Balaban J connectivity index is 1.81. The lowest BCUT2D eigenvalue weighted by atomic mass is 9.98. The highest BCUT2D eigenvalue weighted by Gasteiger charge is 2.27. The Labute approximate surface area is 110 Å². The van der Waals surface area contributed by atoms with Gasteiger partial charge in [0.15, 0.2) is 0 Å². The van der Waals surface area contributed by atoms with Gasteiger partial charge in [-0.1, -0.05) is 30.3 Å². The molecule has 5 heteroatoms. The Hall–Kier alpha value is -2.17. The molecular formula is C14H15N3O2. The summed E-state index contributed by atoms with van der Waals surface area (Å²) >= 11 is 0. The van der Waals surface area contributed by atoms with Gasteiger partial charge in [0.25, 0.3) is 0 Å². The second kappa shape index (κ2) is 4.84. The van der Waals surface area contributed by atoms with Crippen LogP contribution < -0.4 is 0 Å². The molecule has 0 amide bonds. The minimum absolute atomic E-state index is 0.318. The molecule has 0 saturated heterocycles. The fourth-order valence-electron chi connectivity index (χ4n) is 2.51. The number of aromatic nitrogens is 3. The van der Waals surface area contributed by atoms with E-state index in [0.717, 1.165) is 18.1 Å². The Morgan fingerprint density at radius 2 is 2.11 bits per heavy atom. The van der Waals surface area contributed by atoms with Crippen molar-refractivity contribution in [1.82, 2.24) is 14.8 Å². The Kier molecular flexibility index (Phi) is 3.03. The second-order valence-corrected chi connectivity index (χ2v) is 4.87. The van der Waals surface area contributed by atoms with E-state index in [0.29, 0.717) is 19.4 Å². The Morgan fingerprint density at radius 3 is 2.84 bits per heavy atom. The van der Waals surface area contributed by atoms with Gasteiger partial charge in [0, 0.05) is 19.4 Å². The summed E-state index contributed by atoms with van der Waals surface area (Å²) in [5.41, 5.74) is 1.19. The number of fused-ring (bicyclic) bond motifs is 1. The van der Waals surface area contributed by atoms with Gasteiger partial charge in [-0.15, -0.1) is 10.2 Å². The molecule has 2 aromatic rings. The third-order valence-electron chi connectivity index (χ3n) is 3.59. The summed E-state index contributed by atoms with van der Waals surface area (Å²) in [7, 11) is 0. The smallest absolute Gasteiger partial charge is 0.307 e. The van der Waals surface area contributed by atoms with Crippen LogP contribution in [-0.2, 0) is 24.2 Å². The Morgan fingerprint density at radius 1 is 1.32 bits per heavy atom. The van der Waals surface area contributed by atoms with Crippen LogP contribution in [0, 0.1) is 5.92 Å². The van der Waals surface area contributed by atoms with Gasteiger partial charge in [0.1, 0.15) is 11.6 Å². The first-order valence-electron chi connectivity index (χ1n) is 6.41. The first-order chi connectivity index (χ1) is 9.24. The van der Waals surface area contributed by atoms with Gasteiger partial charge in [-0.3, -0.25) is 4.79 Å². The lowest BCUT2D eigenvalue weighted by Crippen LogP contribution is -2.26. The number of carboxylic acids is 1. The zero-order valence-corrected chi connectivity index (χ0v) is 10.5. The normalized spacial score (nSPS) is 18.0. The van der Waals surface area contributed by atoms with Crippen LogP contribution in [0.4, 0.5) is 0 Å². The summed E-state index contributed by atoms with van der Waals surface area (Å²) in [6.45, 7) is 0.696. The molecule has 1 unspecified atom stereocenters. The zero-order chi connectivity index (χ0) is 13.2. The van der Waals surface area contributed by atoms with E-state index in [1.165, 1.54) is 5.56 Å². The minimum atomic E-state index is -0.737. The maximum atomic E-state index is 11.0. The number of aliphatic carboxylic acids is 1. The molecule has 1 aromatic carbocycles. The van der Waals surface area contributed by atoms with Crippen molar-refractivity contribution in [2.45, 2.75) is 25.8 Å². The summed E-state index contributed by atoms with van der Waals surface area (Å²) in [5.74, 6) is 0.662. The highest BCUT2D eigenvalue weighted by molar-refractivity contribution is 5.70. The van der Waals surface area contributed by atoms with Crippen LogP contribution in [0.5, 0.6) is 0 Å². The number of hydrogen-bond donors (Lipinski definition) is 1. The summed E-state index contributed by atoms with van der Waals surface area (Å²) in [6.07, 6.45) is 1.88. The molecular weight excluding hydrogens is 242 g/mol. The van der Waals surface area contributed by atoms with Crippen LogP contribution in [-0.4, -0.2) is 25.8 Å². The third-order valence-corrected chi connectivity index (χ3v) is 3.59. The number of rotatable bonds is 3. The first-order valence-corrected chi connectivity index (χ1v) is 6.41. The fourth-order valence-corrected chi connectivity index (χ4v) is 2.51. The minimum Gasteiger partial charge on any atom is -0.481 e.